The summed E-state index contributed by atoms with van der Waals surface area (Å²) in [6.45, 7) is 3.89. The molecule has 1 aliphatic rings. The number of pyridine rings is 1. The molecule has 8 heteroatoms. The average molecular weight is 366 g/mol. The van der Waals surface area contributed by atoms with Crippen molar-refractivity contribution in [2.24, 2.45) is 0 Å². The van der Waals surface area contributed by atoms with Crippen molar-refractivity contribution in [1.82, 2.24) is 14.7 Å². The smallest absolute Gasteiger partial charge is 0.292 e. The van der Waals surface area contributed by atoms with Crippen LogP contribution >= 0.6 is 0 Å². The van der Waals surface area contributed by atoms with Crippen LogP contribution in [0.1, 0.15) is 35.0 Å². The van der Waals surface area contributed by atoms with E-state index in [0.29, 0.717) is 22.7 Å². The molecular formula is C19H18N4O4. The Bertz CT molecular complexity index is 1040. The van der Waals surface area contributed by atoms with Crippen LogP contribution in [0.2, 0.25) is 0 Å². The Hall–Kier alpha value is -3.55. The van der Waals surface area contributed by atoms with Gasteiger partial charge in [-0.25, -0.2) is 4.98 Å². The molecule has 1 aromatic carbocycles. The largest absolute Gasteiger partial charge is 0.454 e. The molecule has 3 aromatic rings. The van der Waals surface area contributed by atoms with Gasteiger partial charge in [0.1, 0.15) is 0 Å². The lowest BCUT2D eigenvalue weighted by molar-refractivity contribution is 0.0940. The third-order valence-electron chi connectivity index (χ3n) is 4.02. The van der Waals surface area contributed by atoms with E-state index in [1.165, 1.54) is 0 Å². The van der Waals surface area contributed by atoms with E-state index in [0.717, 1.165) is 0 Å². The number of carbonyl (C=O) groups excluding carboxylic acids is 2. The van der Waals surface area contributed by atoms with E-state index in [1.807, 2.05) is 13.8 Å². The van der Waals surface area contributed by atoms with Gasteiger partial charge in [0.05, 0.1) is 5.52 Å². The summed E-state index contributed by atoms with van der Waals surface area (Å²) in [4.78, 5) is 29.5. The number of rotatable bonds is 4. The van der Waals surface area contributed by atoms with E-state index in [9.17, 15) is 9.59 Å². The topological polar surface area (TPSA) is 94.0 Å². The van der Waals surface area contributed by atoms with Crippen molar-refractivity contribution in [2.45, 2.75) is 19.9 Å². The molecule has 0 bridgehead atoms. The Morgan fingerprint density at radius 3 is 2.74 bits per heavy atom. The highest BCUT2D eigenvalue weighted by molar-refractivity contribution is 6.06. The van der Waals surface area contributed by atoms with Crippen molar-refractivity contribution in [3.63, 3.8) is 0 Å². The molecule has 0 atom stereocenters. The second-order valence-corrected chi connectivity index (χ2v) is 6.39. The van der Waals surface area contributed by atoms with Gasteiger partial charge in [-0.2, -0.15) is 0 Å². The molecule has 0 aliphatic carbocycles. The van der Waals surface area contributed by atoms with E-state index in [4.69, 9.17) is 9.47 Å². The third-order valence-corrected chi connectivity index (χ3v) is 4.02. The maximum absolute atomic E-state index is 12.8. The standard InChI is InChI=1S/C19H18N4O4/c1-11(2)20-18(24)16-13-5-3-4-8-23(13)17(22-16)19(25)21-12-6-7-14-15(9-12)27-10-26-14/h3-9,11H,10H2,1-2H3,(H,20,24)(H,21,25). The molecule has 2 amide bonds. The quantitative estimate of drug-likeness (QED) is 0.740. The van der Waals surface area contributed by atoms with E-state index in [1.54, 1.807) is 47.0 Å². The minimum atomic E-state index is -0.432. The Balaban J connectivity index is 1.66. The van der Waals surface area contributed by atoms with Crippen molar-refractivity contribution >= 4 is 23.0 Å². The summed E-state index contributed by atoms with van der Waals surface area (Å²) in [7, 11) is 0. The summed E-state index contributed by atoms with van der Waals surface area (Å²) in [5.41, 5.74) is 1.32. The Kier molecular flexibility index (Phi) is 4.15. The van der Waals surface area contributed by atoms with E-state index in [-0.39, 0.29) is 30.3 Å². The highest BCUT2D eigenvalue weighted by Crippen LogP contribution is 2.34. The molecule has 8 nitrogen and oxygen atoms in total. The number of nitrogens with one attached hydrogen (secondary N) is 2. The molecule has 0 fully saturated rings. The molecule has 3 heterocycles. The first kappa shape index (κ1) is 16.9. The van der Waals surface area contributed by atoms with Crippen LogP contribution < -0.4 is 20.1 Å². The minimum Gasteiger partial charge on any atom is -0.454 e. The summed E-state index contributed by atoms with van der Waals surface area (Å²) in [6.07, 6.45) is 1.70. The molecular weight excluding hydrogens is 348 g/mol. The number of aromatic nitrogens is 2. The number of carbonyl (C=O) groups is 2. The van der Waals surface area contributed by atoms with E-state index >= 15 is 0 Å². The monoisotopic (exact) mass is 366 g/mol. The van der Waals surface area contributed by atoms with Crippen LogP contribution in [0.15, 0.2) is 42.6 Å². The van der Waals surface area contributed by atoms with Crippen LogP contribution in [-0.4, -0.2) is 34.0 Å². The first-order chi connectivity index (χ1) is 13.0. The zero-order valence-corrected chi connectivity index (χ0v) is 14.9. The van der Waals surface area contributed by atoms with E-state index in [2.05, 4.69) is 15.6 Å². The second-order valence-electron chi connectivity index (χ2n) is 6.39. The molecule has 2 aromatic heterocycles. The van der Waals surface area contributed by atoms with Gasteiger partial charge in [0.2, 0.25) is 12.6 Å². The van der Waals surface area contributed by atoms with Gasteiger partial charge in [-0.15, -0.1) is 0 Å². The lowest BCUT2D eigenvalue weighted by Gasteiger charge is -2.06. The third kappa shape index (κ3) is 3.17. The predicted octanol–water partition coefficient (Wildman–Crippen LogP) is 2.45. The summed E-state index contributed by atoms with van der Waals surface area (Å²) in [6, 6.07) is 10.4. The minimum absolute atomic E-state index is 0.0381. The molecule has 1 aliphatic heterocycles. The molecule has 0 saturated heterocycles. The summed E-state index contributed by atoms with van der Waals surface area (Å²) >= 11 is 0. The fourth-order valence-electron chi connectivity index (χ4n) is 2.86. The first-order valence-corrected chi connectivity index (χ1v) is 8.52. The van der Waals surface area contributed by atoms with Crippen LogP contribution in [0.3, 0.4) is 0 Å². The molecule has 138 valence electrons. The molecule has 4 rings (SSSR count). The van der Waals surface area contributed by atoms with Crippen molar-refractivity contribution in [1.29, 1.82) is 0 Å². The number of fused-ring (bicyclic) bond motifs is 2. The number of benzene rings is 1. The summed E-state index contributed by atoms with van der Waals surface area (Å²) in [5, 5.41) is 5.59. The normalized spacial score (nSPS) is 12.4. The van der Waals surface area contributed by atoms with Gasteiger partial charge >= 0.3 is 0 Å². The van der Waals surface area contributed by atoms with Crippen LogP contribution in [0.25, 0.3) is 5.52 Å². The van der Waals surface area contributed by atoms with Gasteiger partial charge in [0.25, 0.3) is 11.8 Å². The van der Waals surface area contributed by atoms with Crippen LogP contribution in [0.4, 0.5) is 5.69 Å². The highest BCUT2D eigenvalue weighted by atomic mass is 16.7. The van der Waals surface area contributed by atoms with Gasteiger partial charge in [-0.05, 0) is 38.1 Å². The van der Waals surface area contributed by atoms with Crippen molar-refractivity contribution in [2.75, 3.05) is 12.1 Å². The SMILES string of the molecule is CC(C)NC(=O)c1nc(C(=O)Nc2ccc3c(c2)OCO3)n2ccccc12. The number of nitrogens with zero attached hydrogens (tertiary/aromatic N) is 2. The Labute approximate surface area is 155 Å². The van der Waals surface area contributed by atoms with Crippen LogP contribution in [0.5, 0.6) is 11.5 Å². The Morgan fingerprint density at radius 2 is 1.93 bits per heavy atom. The molecule has 0 saturated carbocycles. The van der Waals surface area contributed by atoms with Crippen molar-refractivity contribution < 1.29 is 19.1 Å². The summed E-state index contributed by atoms with van der Waals surface area (Å²) in [5.74, 6) is 0.566. The van der Waals surface area contributed by atoms with Crippen molar-refractivity contribution in [3.8, 4) is 11.5 Å². The number of imidazole rings is 1. The maximum atomic E-state index is 12.8. The highest BCUT2D eigenvalue weighted by Gasteiger charge is 2.22. The number of hydrogen-bond donors (Lipinski definition) is 2. The van der Waals surface area contributed by atoms with E-state index < -0.39 is 5.91 Å². The lowest BCUT2D eigenvalue weighted by Crippen LogP contribution is -2.30. The number of anilines is 1. The molecule has 0 radical (unpaired) electrons. The molecule has 27 heavy (non-hydrogen) atoms. The number of ether oxygens (including phenoxy) is 2. The molecule has 2 N–H and O–H groups in total. The average Bonchev–Trinajstić information content (AvgIpc) is 3.25. The number of amides is 2. The fraction of sp³-hybridized carbons (Fsp3) is 0.211. The van der Waals surface area contributed by atoms with Gasteiger partial charge in [0, 0.05) is 24.0 Å². The number of hydrogen-bond acceptors (Lipinski definition) is 5. The van der Waals surface area contributed by atoms with Gasteiger partial charge < -0.3 is 20.1 Å². The zero-order valence-electron chi connectivity index (χ0n) is 14.9. The van der Waals surface area contributed by atoms with Crippen LogP contribution in [-0.2, 0) is 0 Å². The fourth-order valence-corrected chi connectivity index (χ4v) is 2.86. The van der Waals surface area contributed by atoms with Crippen molar-refractivity contribution in [3.05, 3.63) is 54.1 Å². The van der Waals surface area contributed by atoms with Gasteiger partial charge in [-0.1, -0.05) is 6.07 Å². The predicted molar refractivity (Wildman–Crippen MR) is 98.3 cm³/mol. The summed E-state index contributed by atoms with van der Waals surface area (Å²) < 4.78 is 12.2. The zero-order chi connectivity index (χ0) is 19.0. The second kappa shape index (κ2) is 6.64. The molecule has 0 unspecified atom stereocenters. The Morgan fingerprint density at radius 1 is 1.11 bits per heavy atom. The van der Waals surface area contributed by atoms with Gasteiger partial charge in [0.15, 0.2) is 17.2 Å². The molecule has 0 spiro atoms. The maximum Gasteiger partial charge on any atom is 0.292 e. The first-order valence-electron chi connectivity index (χ1n) is 8.52. The lowest BCUT2D eigenvalue weighted by atomic mass is 10.2. The van der Waals surface area contributed by atoms with Gasteiger partial charge in [-0.3, -0.25) is 14.0 Å². The van der Waals surface area contributed by atoms with Crippen LogP contribution in [0, 0.1) is 0 Å².